The molecule has 0 heterocycles. The first-order valence-electron chi connectivity index (χ1n) is 6.05. The first-order valence-corrected chi connectivity index (χ1v) is 11.2. The average Bonchev–Trinajstić information content (AvgIpc) is 2.14. The van der Waals surface area contributed by atoms with Gasteiger partial charge in [0.15, 0.2) is 0 Å². The van der Waals surface area contributed by atoms with E-state index in [9.17, 15) is 0 Å². The second-order valence-corrected chi connectivity index (χ2v) is 13.5. The summed E-state index contributed by atoms with van der Waals surface area (Å²) in [5.41, 5.74) is 0.304. The fourth-order valence-electron chi connectivity index (χ4n) is 1.57. The molecule has 0 aromatic rings. The molecule has 92 valence electrons. The quantitative estimate of drug-likeness (QED) is 0.270. The first kappa shape index (κ1) is 16.1. The van der Waals surface area contributed by atoms with Crippen LogP contribution in [-0.4, -0.2) is 6.00 Å². The van der Waals surface area contributed by atoms with Crippen molar-refractivity contribution in [3.8, 4) is 0 Å². The van der Waals surface area contributed by atoms with Crippen LogP contribution in [0.5, 0.6) is 0 Å². The standard InChI is InChI=1S/C11H23Cl3Si/c1-3-4-5-6-7-8-9-10-11(2)15(12,13)14/h11H,3-10H2,1-2H3. The normalized spacial score (nSPS) is 14.2. The smallest absolute Gasteiger partial charge is 0.126 e. The van der Waals surface area contributed by atoms with Gasteiger partial charge in [-0.05, 0) is 12.0 Å². The molecular weight excluding hydrogens is 267 g/mol. The van der Waals surface area contributed by atoms with Gasteiger partial charge in [-0.25, -0.2) is 0 Å². The molecule has 1 unspecified atom stereocenters. The van der Waals surface area contributed by atoms with Crippen molar-refractivity contribution in [2.24, 2.45) is 0 Å². The van der Waals surface area contributed by atoms with E-state index < -0.39 is 6.00 Å². The number of unbranched alkanes of at least 4 members (excludes halogenated alkanes) is 6. The molecule has 0 bridgehead atoms. The Bertz CT molecular complexity index is 145. The Balaban J connectivity index is 3.24. The number of halogens is 3. The third-order valence-corrected chi connectivity index (χ3v) is 7.56. The predicted octanol–water partition coefficient (Wildman–Crippen LogP) is 6.17. The van der Waals surface area contributed by atoms with Crippen molar-refractivity contribution in [1.29, 1.82) is 0 Å². The Labute approximate surface area is 110 Å². The van der Waals surface area contributed by atoms with Crippen molar-refractivity contribution in [2.45, 2.75) is 70.8 Å². The van der Waals surface area contributed by atoms with Crippen molar-refractivity contribution in [2.75, 3.05) is 0 Å². The Morgan fingerprint density at radius 2 is 1.33 bits per heavy atom. The van der Waals surface area contributed by atoms with Gasteiger partial charge in [0.05, 0.1) is 0 Å². The van der Waals surface area contributed by atoms with Gasteiger partial charge in [0, 0.05) is 0 Å². The fraction of sp³-hybridized carbons (Fsp3) is 1.00. The lowest BCUT2D eigenvalue weighted by Crippen LogP contribution is -2.16. The molecule has 0 aromatic carbocycles. The van der Waals surface area contributed by atoms with E-state index in [1.807, 2.05) is 0 Å². The molecule has 0 aliphatic carbocycles. The lowest BCUT2D eigenvalue weighted by Gasteiger charge is -2.16. The highest BCUT2D eigenvalue weighted by atomic mass is 35.8. The second kappa shape index (κ2) is 9.15. The van der Waals surface area contributed by atoms with E-state index in [4.69, 9.17) is 33.2 Å². The summed E-state index contributed by atoms with van der Waals surface area (Å²) in [4.78, 5) is 0. The fourth-order valence-corrected chi connectivity index (χ4v) is 3.08. The molecule has 0 aromatic heterocycles. The molecule has 0 fully saturated rings. The summed E-state index contributed by atoms with van der Waals surface area (Å²) in [7, 11) is 0. The SMILES string of the molecule is CCCCCCCCCC(C)[Si](Cl)(Cl)Cl. The van der Waals surface area contributed by atoms with E-state index in [0.29, 0.717) is 5.54 Å². The molecule has 0 aliphatic rings. The third-order valence-electron chi connectivity index (χ3n) is 2.80. The van der Waals surface area contributed by atoms with Gasteiger partial charge in [0.2, 0.25) is 0 Å². The molecule has 0 N–H and O–H groups in total. The molecule has 0 radical (unpaired) electrons. The predicted molar refractivity (Wildman–Crippen MR) is 75.3 cm³/mol. The second-order valence-electron chi connectivity index (χ2n) is 4.35. The number of rotatable bonds is 9. The number of hydrogen-bond acceptors (Lipinski definition) is 0. The van der Waals surface area contributed by atoms with Crippen molar-refractivity contribution >= 4 is 39.2 Å². The lowest BCUT2D eigenvalue weighted by molar-refractivity contribution is 0.571. The summed E-state index contributed by atoms with van der Waals surface area (Å²) >= 11 is 17.8. The van der Waals surface area contributed by atoms with Gasteiger partial charge in [-0.15, -0.1) is 33.2 Å². The highest BCUT2D eigenvalue weighted by molar-refractivity contribution is 7.65. The summed E-state index contributed by atoms with van der Waals surface area (Å²) in [5.74, 6) is 0. The van der Waals surface area contributed by atoms with E-state index in [0.717, 1.165) is 6.42 Å². The van der Waals surface area contributed by atoms with Crippen molar-refractivity contribution in [1.82, 2.24) is 0 Å². The maximum Gasteiger partial charge on any atom is 0.344 e. The molecular formula is C11H23Cl3Si. The molecule has 0 saturated carbocycles. The van der Waals surface area contributed by atoms with Gasteiger partial charge in [-0.1, -0.05) is 58.8 Å². The largest absolute Gasteiger partial charge is 0.344 e. The highest BCUT2D eigenvalue weighted by Gasteiger charge is 2.32. The van der Waals surface area contributed by atoms with Crippen LogP contribution in [0.15, 0.2) is 0 Å². The van der Waals surface area contributed by atoms with E-state index in [1.165, 1.54) is 44.9 Å². The van der Waals surface area contributed by atoms with Crippen LogP contribution < -0.4 is 0 Å². The summed E-state index contributed by atoms with van der Waals surface area (Å²) in [6.07, 6.45) is 10.4. The molecule has 4 heteroatoms. The minimum atomic E-state index is -2.43. The zero-order chi connectivity index (χ0) is 11.7. The minimum absolute atomic E-state index is 0.304. The van der Waals surface area contributed by atoms with Crippen LogP contribution in [-0.2, 0) is 0 Å². The zero-order valence-corrected chi connectivity index (χ0v) is 13.1. The van der Waals surface area contributed by atoms with Crippen LogP contribution in [0.4, 0.5) is 0 Å². The molecule has 0 amide bonds. The topological polar surface area (TPSA) is 0 Å². The van der Waals surface area contributed by atoms with Crippen molar-refractivity contribution < 1.29 is 0 Å². The Morgan fingerprint density at radius 3 is 1.80 bits per heavy atom. The molecule has 0 saturated heterocycles. The van der Waals surface area contributed by atoms with E-state index in [1.54, 1.807) is 0 Å². The zero-order valence-electron chi connectivity index (χ0n) is 9.87. The highest BCUT2D eigenvalue weighted by Crippen LogP contribution is 2.36. The maximum atomic E-state index is 5.93. The molecule has 0 aliphatic heterocycles. The van der Waals surface area contributed by atoms with Crippen molar-refractivity contribution in [3.05, 3.63) is 0 Å². The van der Waals surface area contributed by atoms with Gasteiger partial charge < -0.3 is 0 Å². The van der Waals surface area contributed by atoms with Gasteiger partial charge in [0.1, 0.15) is 0 Å². The van der Waals surface area contributed by atoms with Crippen LogP contribution in [0.2, 0.25) is 5.54 Å². The van der Waals surface area contributed by atoms with E-state index in [-0.39, 0.29) is 0 Å². The van der Waals surface area contributed by atoms with E-state index >= 15 is 0 Å². The molecule has 0 nitrogen and oxygen atoms in total. The molecule has 1 atom stereocenters. The van der Waals surface area contributed by atoms with Gasteiger partial charge >= 0.3 is 6.00 Å². The lowest BCUT2D eigenvalue weighted by atomic mass is 10.1. The van der Waals surface area contributed by atoms with Crippen LogP contribution in [0, 0.1) is 0 Å². The van der Waals surface area contributed by atoms with Crippen molar-refractivity contribution in [3.63, 3.8) is 0 Å². The molecule has 15 heavy (non-hydrogen) atoms. The summed E-state index contributed by atoms with van der Waals surface area (Å²) < 4.78 is 0. The van der Waals surface area contributed by atoms with Gasteiger partial charge in [-0.3, -0.25) is 0 Å². The Morgan fingerprint density at radius 1 is 0.867 bits per heavy atom. The maximum absolute atomic E-state index is 5.93. The average molecular weight is 290 g/mol. The third kappa shape index (κ3) is 9.98. The van der Waals surface area contributed by atoms with Gasteiger partial charge in [-0.2, -0.15) is 0 Å². The monoisotopic (exact) mass is 288 g/mol. The van der Waals surface area contributed by atoms with Crippen LogP contribution in [0.1, 0.15) is 65.2 Å². The van der Waals surface area contributed by atoms with Crippen LogP contribution in [0.25, 0.3) is 0 Å². The Hall–Kier alpha value is 1.09. The molecule has 0 spiro atoms. The van der Waals surface area contributed by atoms with Crippen LogP contribution >= 0.6 is 33.2 Å². The first-order chi connectivity index (χ1) is 6.98. The summed E-state index contributed by atoms with van der Waals surface area (Å²) in [6.45, 7) is 4.31. The minimum Gasteiger partial charge on any atom is -0.126 e. The molecule has 0 rings (SSSR count). The summed E-state index contributed by atoms with van der Waals surface area (Å²) in [6, 6.07) is -2.43. The van der Waals surface area contributed by atoms with Gasteiger partial charge in [0.25, 0.3) is 0 Å². The Kier molecular flexibility index (Phi) is 9.81. The number of hydrogen-bond donors (Lipinski definition) is 0. The summed E-state index contributed by atoms with van der Waals surface area (Å²) in [5, 5.41) is 0. The van der Waals surface area contributed by atoms with Crippen LogP contribution in [0.3, 0.4) is 0 Å². The van der Waals surface area contributed by atoms with E-state index in [2.05, 4.69) is 13.8 Å².